The number of aromatic nitrogens is 2. The van der Waals surface area contributed by atoms with Crippen LogP contribution in [0, 0.1) is 20.8 Å². The summed E-state index contributed by atoms with van der Waals surface area (Å²) >= 11 is 1.25. The third-order valence-electron chi connectivity index (χ3n) is 4.95. The molecule has 0 spiro atoms. The molecule has 0 bridgehead atoms. The van der Waals surface area contributed by atoms with E-state index in [1.165, 1.54) is 11.3 Å². The van der Waals surface area contributed by atoms with Gasteiger partial charge in [-0.25, -0.2) is 4.98 Å². The maximum atomic E-state index is 13.0. The highest BCUT2D eigenvalue weighted by Crippen LogP contribution is 2.28. The maximum absolute atomic E-state index is 13.0. The van der Waals surface area contributed by atoms with Crippen molar-refractivity contribution in [3.63, 3.8) is 0 Å². The van der Waals surface area contributed by atoms with Gasteiger partial charge in [0.1, 0.15) is 4.83 Å². The molecule has 0 saturated heterocycles. The zero-order valence-corrected chi connectivity index (χ0v) is 17.3. The van der Waals surface area contributed by atoms with Gasteiger partial charge in [0.15, 0.2) is 0 Å². The second-order valence-electron chi connectivity index (χ2n) is 7.17. The molecule has 1 amide bonds. The van der Waals surface area contributed by atoms with Crippen molar-refractivity contribution in [1.29, 1.82) is 0 Å². The predicted molar refractivity (Wildman–Crippen MR) is 118 cm³/mol. The number of rotatable bonds is 4. The fourth-order valence-electron chi connectivity index (χ4n) is 3.40. The molecule has 0 saturated carbocycles. The van der Waals surface area contributed by atoms with Crippen molar-refractivity contribution in [3.05, 3.63) is 92.3 Å². The third-order valence-corrected chi connectivity index (χ3v) is 6.15. The van der Waals surface area contributed by atoms with Gasteiger partial charge in [-0.3, -0.25) is 14.2 Å². The van der Waals surface area contributed by atoms with Crippen LogP contribution in [0.3, 0.4) is 0 Å². The molecule has 0 radical (unpaired) electrons. The number of aryl methyl sites for hydroxylation is 3. The average Bonchev–Trinajstić information content (AvgIpc) is 3.04. The molecule has 29 heavy (non-hydrogen) atoms. The van der Waals surface area contributed by atoms with Crippen LogP contribution in [0.25, 0.3) is 10.2 Å². The van der Waals surface area contributed by atoms with Crippen molar-refractivity contribution in [3.8, 4) is 0 Å². The number of nitrogens with zero attached hydrogens (tertiary/aromatic N) is 2. The largest absolute Gasteiger partial charge is 0.321 e. The van der Waals surface area contributed by atoms with Crippen LogP contribution in [0.5, 0.6) is 0 Å². The Labute approximate surface area is 172 Å². The summed E-state index contributed by atoms with van der Waals surface area (Å²) in [7, 11) is 0. The van der Waals surface area contributed by atoms with Crippen molar-refractivity contribution in [2.75, 3.05) is 5.32 Å². The Morgan fingerprint density at radius 3 is 2.59 bits per heavy atom. The van der Waals surface area contributed by atoms with E-state index in [-0.39, 0.29) is 11.5 Å². The molecule has 0 unspecified atom stereocenters. The first-order chi connectivity index (χ1) is 13.9. The number of thiophene rings is 1. The number of amides is 1. The summed E-state index contributed by atoms with van der Waals surface area (Å²) in [6.07, 6.45) is 1.55. The molecule has 0 aliphatic heterocycles. The first-order valence-corrected chi connectivity index (χ1v) is 10.2. The van der Waals surface area contributed by atoms with Gasteiger partial charge in [0.25, 0.3) is 11.5 Å². The zero-order chi connectivity index (χ0) is 20.5. The lowest BCUT2D eigenvalue weighted by Gasteiger charge is -2.08. The minimum absolute atomic E-state index is 0.127. The van der Waals surface area contributed by atoms with Gasteiger partial charge in [-0.2, -0.15) is 0 Å². The number of anilines is 1. The Kier molecular flexibility index (Phi) is 5.03. The smallest absolute Gasteiger partial charge is 0.266 e. The fraction of sp³-hybridized carbons (Fsp3) is 0.174. The number of benzene rings is 2. The van der Waals surface area contributed by atoms with E-state index < -0.39 is 0 Å². The molecule has 6 heteroatoms. The van der Waals surface area contributed by atoms with E-state index in [9.17, 15) is 9.59 Å². The standard InChI is InChI=1S/C23H21N3O2S/c1-14-9-10-18(15(2)11-14)25-21(27)20-16(3)19-22(29-20)24-13-26(23(19)28)12-17-7-5-4-6-8-17/h4-11,13H,12H2,1-3H3,(H,25,27). The van der Waals surface area contributed by atoms with E-state index in [4.69, 9.17) is 0 Å². The van der Waals surface area contributed by atoms with E-state index in [1.54, 1.807) is 10.9 Å². The predicted octanol–water partition coefficient (Wildman–Crippen LogP) is 4.68. The first kappa shape index (κ1) is 19.1. The second-order valence-corrected chi connectivity index (χ2v) is 8.17. The van der Waals surface area contributed by atoms with E-state index in [0.29, 0.717) is 27.2 Å². The first-order valence-electron chi connectivity index (χ1n) is 9.35. The molecule has 5 nitrogen and oxygen atoms in total. The Morgan fingerprint density at radius 1 is 1.10 bits per heavy atom. The number of nitrogens with one attached hydrogen (secondary N) is 1. The lowest BCUT2D eigenvalue weighted by molar-refractivity contribution is 0.103. The zero-order valence-electron chi connectivity index (χ0n) is 16.5. The number of carbonyl (C=O) groups excluding carboxylic acids is 1. The van der Waals surface area contributed by atoms with Crippen molar-refractivity contribution in [2.24, 2.45) is 0 Å². The molecule has 2 aromatic heterocycles. The number of hydrogen-bond donors (Lipinski definition) is 1. The molecule has 0 fully saturated rings. The SMILES string of the molecule is Cc1ccc(NC(=O)c2sc3ncn(Cc4ccccc4)c(=O)c3c2C)c(C)c1. The minimum Gasteiger partial charge on any atom is -0.321 e. The van der Waals surface area contributed by atoms with Crippen LogP contribution in [0.2, 0.25) is 0 Å². The van der Waals surface area contributed by atoms with Crippen LogP contribution in [-0.4, -0.2) is 15.5 Å². The summed E-state index contributed by atoms with van der Waals surface area (Å²) < 4.78 is 1.59. The average molecular weight is 404 g/mol. The van der Waals surface area contributed by atoms with E-state index >= 15 is 0 Å². The number of hydrogen-bond acceptors (Lipinski definition) is 4. The van der Waals surface area contributed by atoms with Crippen LogP contribution < -0.4 is 10.9 Å². The third kappa shape index (κ3) is 3.71. The molecule has 2 heterocycles. The van der Waals surface area contributed by atoms with Crippen LogP contribution in [-0.2, 0) is 6.54 Å². The monoisotopic (exact) mass is 403 g/mol. The van der Waals surface area contributed by atoms with E-state index in [1.807, 2.05) is 69.3 Å². The molecule has 1 N–H and O–H groups in total. The summed E-state index contributed by atoms with van der Waals surface area (Å²) in [5.74, 6) is -0.216. The molecule has 0 aliphatic rings. The van der Waals surface area contributed by atoms with Gasteiger partial charge < -0.3 is 5.32 Å². The molecule has 4 rings (SSSR count). The van der Waals surface area contributed by atoms with Gasteiger partial charge >= 0.3 is 0 Å². The Balaban J connectivity index is 1.69. The van der Waals surface area contributed by atoms with Gasteiger partial charge in [-0.1, -0.05) is 48.0 Å². The summed E-state index contributed by atoms with van der Waals surface area (Å²) in [6.45, 7) is 6.23. The quantitative estimate of drug-likeness (QED) is 0.538. The van der Waals surface area contributed by atoms with Gasteiger partial charge in [-0.15, -0.1) is 11.3 Å². The second kappa shape index (κ2) is 7.64. The molecule has 146 valence electrons. The van der Waals surface area contributed by atoms with E-state index in [0.717, 1.165) is 22.4 Å². The number of carbonyl (C=O) groups is 1. The highest BCUT2D eigenvalue weighted by molar-refractivity contribution is 7.20. The highest BCUT2D eigenvalue weighted by atomic mass is 32.1. The molecular formula is C23H21N3O2S. The normalized spacial score (nSPS) is 11.0. The van der Waals surface area contributed by atoms with Crippen LogP contribution in [0.4, 0.5) is 5.69 Å². The highest BCUT2D eigenvalue weighted by Gasteiger charge is 2.20. The number of fused-ring (bicyclic) bond motifs is 1. The molecule has 0 atom stereocenters. The van der Waals surface area contributed by atoms with Gasteiger partial charge in [0.05, 0.1) is 23.1 Å². The van der Waals surface area contributed by atoms with Gasteiger partial charge in [0, 0.05) is 5.69 Å². The van der Waals surface area contributed by atoms with Crippen LogP contribution >= 0.6 is 11.3 Å². The van der Waals surface area contributed by atoms with Crippen molar-refractivity contribution in [2.45, 2.75) is 27.3 Å². The van der Waals surface area contributed by atoms with Crippen molar-refractivity contribution in [1.82, 2.24) is 9.55 Å². The molecule has 0 aliphatic carbocycles. The van der Waals surface area contributed by atoms with Crippen LogP contribution in [0.1, 0.15) is 31.9 Å². The molecular weight excluding hydrogens is 382 g/mol. The Hall–Kier alpha value is -3.25. The van der Waals surface area contributed by atoms with Gasteiger partial charge in [0.2, 0.25) is 0 Å². The topological polar surface area (TPSA) is 64.0 Å². The molecule has 4 aromatic rings. The molecule has 2 aromatic carbocycles. The lowest BCUT2D eigenvalue weighted by Crippen LogP contribution is -2.21. The Morgan fingerprint density at radius 2 is 1.86 bits per heavy atom. The van der Waals surface area contributed by atoms with Crippen molar-refractivity contribution >= 4 is 33.1 Å². The van der Waals surface area contributed by atoms with Crippen molar-refractivity contribution < 1.29 is 4.79 Å². The Bertz CT molecular complexity index is 1270. The minimum atomic E-state index is -0.216. The van der Waals surface area contributed by atoms with Gasteiger partial charge in [-0.05, 0) is 43.5 Å². The summed E-state index contributed by atoms with van der Waals surface area (Å²) in [5, 5.41) is 3.48. The van der Waals surface area contributed by atoms with E-state index in [2.05, 4.69) is 10.3 Å². The maximum Gasteiger partial charge on any atom is 0.266 e. The summed E-state index contributed by atoms with van der Waals surface area (Å²) in [6, 6.07) is 15.7. The fourth-order valence-corrected chi connectivity index (χ4v) is 4.44. The lowest BCUT2D eigenvalue weighted by atomic mass is 10.1. The summed E-state index contributed by atoms with van der Waals surface area (Å²) in [4.78, 5) is 31.5. The van der Waals surface area contributed by atoms with Crippen LogP contribution in [0.15, 0.2) is 59.7 Å². The summed E-state index contributed by atoms with van der Waals surface area (Å²) in [5.41, 5.74) is 4.48.